The van der Waals surface area contributed by atoms with Crippen LogP contribution in [-0.2, 0) is 5.41 Å². The van der Waals surface area contributed by atoms with Crippen molar-refractivity contribution in [3.63, 3.8) is 0 Å². The predicted molar refractivity (Wildman–Crippen MR) is 132 cm³/mol. The Morgan fingerprint density at radius 1 is 1.03 bits per heavy atom. The van der Waals surface area contributed by atoms with Gasteiger partial charge in [-0.05, 0) is 67.2 Å². The van der Waals surface area contributed by atoms with Crippen LogP contribution in [0.1, 0.15) is 52.7 Å². The maximum Gasteiger partial charge on any atom is 0.250 e. The van der Waals surface area contributed by atoms with E-state index in [0.29, 0.717) is 6.42 Å². The highest BCUT2D eigenvalue weighted by atomic mass is 28.4. The van der Waals surface area contributed by atoms with Crippen molar-refractivity contribution >= 4 is 8.32 Å². The first-order valence-electron chi connectivity index (χ1n) is 11.6. The van der Waals surface area contributed by atoms with Crippen LogP contribution in [0.15, 0.2) is 59.1 Å². The third-order valence-electron chi connectivity index (χ3n) is 7.33. The molecule has 0 amide bonds. The van der Waals surface area contributed by atoms with Gasteiger partial charge in [0.15, 0.2) is 5.76 Å². The van der Waals surface area contributed by atoms with E-state index >= 15 is 0 Å². The van der Waals surface area contributed by atoms with Gasteiger partial charge in [0.2, 0.25) is 8.32 Å². The molecule has 1 fully saturated rings. The molecule has 5 heteroatoms. The molecule has 1 aliphatic rings. The van der Waals surface area contributed by atoms with E-state index in [4.69, 9.17) is 8.95 Å². The lowest BCUT2D eigenvalue weighted by atomic mass is 9.87. The number of aliphatic hydroxyl groups is 1. The molecule has 2 aromatic carbocycles. The Morgan fingerprint density at radius 2 is 1.66 bits per heavy atom. The van der Waals surface area contributed by atoms with E-state index in [0.717, 1.165) is 46.7 Å². The molecule has 0 aliphatic heterocycles. The molecular weight excluding hydrogens is 414 g/mol. The number of hydrogen-bond acceptors (Lipinski definition) is 4. The SMILES string of the molecule is CCC(O)C1(c2onc(-c3ccc(O[Si](C)(C)C(C)(C)C)cc3)c2-c2ccccc2)CC1. The molecule has 170 valence electrons. The summed E-state index contributed by atoms with van der Waals surface area (Å²) >= 11 is 0. The molecule has 3 aromatic rings. The van der Waals surface area contributed by atoms with E-state index < -0.39 is 14.4 Å². The van der Waals surface area contributed by atoms with E-state index in [2.05, 4.69) is 63.3 Å². The zero-order valence-corrected chi connectivity index (χ0v) is 21.1. The van der Waals surface area contributed by atoms with Crippen LogP contribution >= 0.6 is 0 Å². The smallest absolute Gasteiger partial charge is 0.250 e. The molecule has 0 saturated heterocycles. The maximum absolute atomic E-state index is 10.8. The molecule has 1 atom stereocenters. The summed E-state index contributed by atoms with van der Waals surface area (Å²) in [4.78, 5) is 0. The Morgan fingerprint density at radius 3 is 2.19 bits per heavy atom. The minimum Gasteiger partial charge on any atom is -0.544 e. The van der Waals surface area contributed by atoms with Crippen molar-refractivity contribution in [2.24, 2.45) is 0 Å². The van der Waals surface area contributed by atoms with Gasteiger partial charge in [0, 0.05) is 5.56 Å². The minimum atomic E-state index is -1.90. The summed E-state index contributed by atoms with van der Waals surface area (Å²) in [6, 6.07) is 18.4. The fourth-order valence-corrected chi connectivity index (χ4v) is 5.10. The van der Waals surface area contributed by atoms with Crippen LogP contribution in [-0.4, -0.2) is 24.7 Å². The highest BCUT2D eigenvalue weighted by Crippen LogP contribution is 2.56. The Balaban J connectivity index is 1.73. The molecule has 1 unspecified atom stereocenters. The summed E-state index contributed by atoms with van der Waals surface area (Å²) in [6.45, 7) is 13.3. The van der Waals surface area contributed by atoms with Crippen molar-refractivity contribution in [1.29, 1.82) is 0 Å². The van der Waals surface area contributed by atoms with Crippen LogP contribution in [0.3, 0.4) is 0 Å². The number of rotatable bonds is 7. The summed E-state index contributed by atoms with van der Waals surface area (Å²) in [5.41, 5.74) is 3.54. The van der Waals surface area contributed by atoms with Gasteiger partial charge in [-0.25, -0.2) is 0 Å². The zero-order valence-electron chi connectivity index (χ0n) is 20.1. The third kappa shape index (κ3) is 4.04. The van der Waals surface area contributed by atoms with Crippen molar-refractivity contribution in [2.45, 2.75) is 76.6 Å². The fourth-order valence-electron chi connectivity index (χ4n) is 4.07. The van der Waals surface area contributed by atoms with Gasteiger partial charge in [0.05, 0.1) is 17.1 Å². The van der Waals surface area contributed by atoms with Crippen LogP contribution in [0.2, 0.25) is 18.1 Å². The summed E-state index contributed by atoms with van der Waals surface area (Å²) in [5.74, 6) is 1.71. The molecule has 1 aromatic heterocycles. The van der Waals surface area contributed by atoms with Gasteiger partial charge in [-0.1, -0.05) is 63.2 Å². The molecular formula is C27H35NO3Si. The average Bonchev–Trinajstić information content (AvgIpc) is 3.45. The van der Waals surface area contributed by atoms with E-state index in [1.807, 2.05) is 37.3 Å². The quantitative estimate of drug-likeness (QED) is 0.388. The molecule has 0 radical (unpaired) electrons. The first kappa shape index (κ1) is 22.8. The van der Waals surface area contributed by atoms with Gasteiger partial charge in [-0.2, -0.15) is 0 Å². The van der Waals surface area contributed by atoms with Crippen molar-refractivity contribution in [3.05, 3.63) is 60.4 Å². The number of hydrogen-bond donors (Lipinski definition) is 1. The lowest BCUT2D eigenvalue weighted by Crippen LogP contribution is -2.43. The molecule has 1 saturated carbocycles. The third-order valence-corrected chi connectivity index (χ3v) is 11.7. The van der Waals surface area contributed by atoms with Gasteiger partial charge in [0.1, 0.15) is 11.4 Å². The summed E-state index contributed by atoms with van der Waals surface area (Å²) in [6.07, 6.45) is 2.13. The zero-order chi connectivity index (χ0) is 23.1. The number of aromatic nitrogens is 1. The highest BCUT2D eigenvalue weighted by molar-refractivity contribution is 6.74. The highest BCUT2D eigenvalue weighted by Gasteiger charge is 2.54. The average molecular weight is 450 g/mol. The van der Waals surface area contributed by atoms with E-state index in [1.54, 1.807) is 0 Å². The molecule has 1 aliphatic carbocycles. The molecule has 4 rings (SSSR count). The lowest BCUT2D eigenvalue weighted by Gasteiger charge is -2.36. The molecule has 0 bridgehead atoms. The second-order valence-corrected chi connectivity index (χ2v) is 15.3. The topological polar surface area (TPSA) is 55.5 Å². The largest absolute Gasteiger partial charge is 0.544 e. The summed E-state index contributed by atoms with van der Waals surface area (Å²) < 4.78 is 12.4. The van der Waals surface area contributed by atoms with Crippen molar-refractivity contribution < 1.29 is 14.1 Å². The second kappa shape index (κ2) is 8.20. The Labute approximate surface area is 192 Å². The Bertz CT molecular complexity index is 1060. The maximum atomic E-state index is 10.8. The molecule has 1 N–H and O–H groups in total. The normalized spacial score (nSPS) is 16.6. The summed E-state index contributed by atoms with van der Waals surface area (Å²) in [5, 5.41) is 15.4. The van der Waals surface area contributed by atoms with Gasteiger partial charge >= 0.3 is 0 Å². The molecule has 32 heavy (non-hydrogen) atoms. The second-order valence-electron chi connectivity index (χ2n) is 10.6. The molecule has 1 heterocycles. The van der Waals surface area contributed by atoms with Crippen LogP contribution in [0.4, 0.5) is 0 Å². The minimum absolute atomic E-state index is 0.145. The van der Waals surface area contributed by atoms with Crippen LogP contribution in [0.25, 0.3) is 22.4 Å². The summed E-state index contributed by atoms with van der Waals surface area (Å²) in [7, 11) is -1.90. The van der Waals surface area contributed by atoms with Gasteiger partial charge in [0.25, 0.3) is 0 Å². The first-order valence-corrected chi connectivity index (χ1v) is 14.5. The molecule has 4 nitrogen and oxygen atoms in total. The van der Waals surface area contributed by atoms with Gasteiger partial charge in [-0.3, -0.25) is 0 Å². The van der Waals surface area contributed by atoms with Crippen molar-refractivity contribution in [3.8, 4) is 28.1 Å². The van der Waals surface area contributed by atoms with Crippen molar-refractivity contribution in [1.82, 2.24) is 5.16 Å². The predicted octanol–water partition coefficient (Wildman–Crippen LogP) is 7.20. The Hall–Kier alpha value is -2.37. The Kier molecular flexibility index (Phi) is 5.84. The van der Waals surface area contributed by atoms with Gasteiger partial charge in [-0.15, -0.1) is 0 Å². The monoisotopic (exact) mass is 449 g/mol. The standard InChI is InChI=1S/C27H35NO3Si/c1-7-22(29)27(17-18-27)25-23(19-11-9-8-10-12-19)24(28-30-25)20-13-15-21(16-14-20)31-32(5,6)26(2,3)4/h8-16,22,29H,7,17-18H2,1-6H3. The molecule has 0 spiro atoms. The van der Waals surface area contributed by atoms with E-state index in [9.17, 15) is 5.11 Å². The first-order chi connectivity index (χ1) is 15.1. The lowest BCUT2D eigenvalue weighted by molar-refractivity contribution is 0.113. The fraction of sp³-hybridized carbons (Fsp3) is 0.444. The van der Waals surface area contributed by atoms with Crippen LogP contribution in [0, 0.1) is 0 Å². The van der Waals surface area contributed by atoms with Crippen LogP contribution in [0.5, 0.6) is 5.75 Å². The van der Waals surface area contributed by atoms with Crippen LogP contribution < -0.4 is 4.43 Å². The number of benzene rings is 2. The van der Waals surface area contributed by atoms with E-state index in [1.165, 1.54) is 0 Å². The van der Waals surface area contributed by atoms with E-state index in [-0.39, 0.29) is 10.5 Å². The van der Waals surface area contributed by atoms with Crippen molar-refractivity contribution in [2.75, 3.05) is 0 Å². The number of nitrogens with zero attached hydrogens (tertiary/aromatic N) is 1. The number of aliphatic hydroxyl groups excluding tert-OH is 1. The van der Waals surface area contributed by atoms with Gasteiger partial charge < -0.3 is 14.1 Å².